The Hall–Kier alpha value is -1.47. The van der Waals surface area contributed by atoms with Gasteiger partial charge in [-0.1, -0.05) is 11.8 Å². The molecule has 1 saturated heterocycles. The molecule has 1 fully saturated rings. The minimum absolute atomic E-state index is 0.0187. The number of halogens is 1. The molecule has 118 valence electrons. The summed E-state index contributed by atoms with van der Waals surface area (Å²) in [6, 6.07) is 3.73. The third kappa shape index (κ3) is 3.30. The number of piperidine rings is 1. The molecule has 2 aromatic heterocycles. The number of nitrogens with one attached hydrogen (secondary N) is 1. The number of hydrogen-bond donors (Lipinski definition) is 1. The minimum atomic E-state index is 0.0187. The van der Waals surface area contributed by atoms with Crippen LogP contribution >= 0.6 is 23.4 Å². The molecule has 1 aliphatic heterocycles. The van der Waals surface area contributed by atoms with Gasteiger partial charge in [-0.3, -0.25) is 4.79 Å². The van der Waals surface area contributed by atoms with Crippen LogP contribution in [0.2, 0.25) is 0 Å². The summed E-state index contributed by atoms with van der Waals surface area (Å²) in [5.41, 5.74) is 1.56. The standard InChI is InChI=1S/C14H17ClN4O2S/c1-21-11-3-2-10-13(17-11)18-14(16-10)22-9-4-6-19(7-5-9)12(20)8-15/h2-3,9H,4-8H2,1H3,(H,16,17,18). The zero-order valence-corrected chi connectivity index (χ0v) is 13.8. The molecule has 6 nitrogen and oxygen atoms in total. The van der Waals surface area contributed by atoms with E-state index in [-0.39, 0.29) is 11.8 Å². The third-order valence-electron chi connectivity index (χ3n) is 3.70. The van der Waals surface area contributed by atoms with E-state index in [4.69, 9.17) is 16.3 Å². The highest BCUT2D eigenvalue weighted by Crippen LogP contribution is 2.30. The van der Waals surface area contributed by atoms with Crippen molar-refractivity contribution in [2.75, 3.05) is 26.1 Å². The molecule has 0 aromatic carbocycles. The van der Waals surface area contributed by atoms with E-state index in [0.29, 0.717) is 16.8 Å². The van der Waals surface area contributed by atoms with Gasteiger partial charge in [-0.25, -0.2) is 4.98 Å². The normalized spacial score (nSPS) is 16.2. The number of carbonyl (C=O) groups is 1. The molecule has 0 radical (unpaired) electrons. The number of hydrogen-bond acceptors (Lipinski definition) is 5. The maximum atomic E-state index is 11.6. The van der Waals surface area contributed by atoms with Crippen molar-refractivity contribution in [3.63, 3.8) is 0 Å². The van der Waals surface area contributed by atoms with Gasteiger partial charge in [0.2, 0.25) is 11.8 Å². The van der Waals surface area contributed by atoms with Gasteiger partial charge in [0.05, 0.1) is 12.6 Å². The molecule has 2 aromatic rings. The van der Waals surface area contributed by atoms with E-state index >= 15 is 0 Å². The van der Waals surface area contributed by atoms with Gasteiger partial charge in [-0.15, -0.1) is 11.6 Å². The van der Waals surface area contributed by atoms with Gasteiger partial charge >= 0.3 is 0 Å². The van der Waals surface area contributed by atoms with Crippen molar-refractivity contribution in [2.24, 2.45) is 0 Å². The van der Waals surface area contributed by atoms with E-state index in [1.807, 2.05) is 17.0 Å². The number of fused-ring (bicyclic) bond motifs is 1. The van der Waals surface area contributed by atoms with E-state index in [1.165, 1.54) is 0 Å². The number of H-pyrrole nitrogens is 1. The Morgan fingerprint density at radius 2 is 2.23 bits per heavy atom. The predicted molar refractivity (Wildman–Crippen MR) is 86.6 cm³/mol. The van der Waals surface area contributed by atoms with Crippen molar-refractivity contribution in [1.82, 2.24) is 19.9 Å². The smallest absolute Gasteiger partial charge is 0.237 e. The van der Waals surface area contributed by atoms with Crippen LogP contribution in [-0.2, 0) is 4.79 Å². The fourth-order valence-electron chi connectivity index (χ4n) is 2.49. The lowest BCUT2D eigenvalue weighted by Gasteiger charge is -2.30. The molecule has 22 heavy (non-hydrogen) atoms. The Morgan fingerprint density at radius 1 is 1.45 bits per heavy atom. The molecule has 3 heterocycles. The lowest BCUT2D eigenvalue weighted by Crippen LogP contribution is -2.39. The van der Waals surface area contributed by atoms with Crippen LogP contribution in [0.25, 0.3) is 11.2 Å². The van der Waals surface area contributed by atoms with Crippen LogP contribution in [0, 0.1) is 0 Å². The SMILES string of the molecule is COc1ccc2[nH]c(SC3CCN(C(=O)CCl)CC3)nc2n1. The predicted octanol–water partition coefficient (Wildman–Crippen LogP) is 2.29. The van der Waals surface area contributed by atoms with E-state index in [1.54, 1.807) is 18.9 Å². The van der Waals surface area contributed by atoms with Crippen LogP contribution < -0.4 is 4.74 Å². The van der Waals surface area contributed by atoms with Gasteiger partial charge in [-0.05, 0) is 18.9 Å². The summed E-state index contributed by atoms with van der Waals surface area (Å²) in [5.74, 6) is 0.642. The molecule has 0 saturated carbocycles. The topological polar surface area (TPSA) is 71.1 Å². The Labute approximate surface area is 137 Å². The lowest BCUT2D eigenvalue weighted by atomic mass is 10.1. The quantitative estimate of drug-likeness (QED) is 0.865. The van der Waals surface area contributed by atoms with Gasteiger partial charge in [0.15, 0.2) is 10.8 Å². The summed E-state index contributed by atoms with van der Waals surface area (Å²) in [6.07, 6.45) is 1.89. The molecular formula is C14H17ClN4O2S. The molecular weight excluding hydrogens is 324 g/mol. The van der Waals surface area contributed by atoms with Crippen LogP contribution in [0.4, 0.5) is 0 Å². The highest BCUT2D eigenvalue weighted by molar-refractivity contribution is 7.99. The van der Waals surface area contributed by atoms with Crippen LogP contribution in [0.15, 0.2) is 17.3 Å². The van der Waals surface area contributed by atoms with Crippen molar-refractivity contribution >= 4 is 40.4 Å². The number of thioether (sulfide) groups is 1. The summed E-state index contributed by atoms with van der Waals surface area (Å²) in [5, 5.41) is 1.31. The van der Waals surface area contributed by atoms with E-state index in [0.717, 1.165) is 36.6 Å². The molecule has 8 heteroatoms. The van der Waals surface area contributed by atoms with Crippen molar-refractivity contribution in [2.45, 2.75) is 23.2 Å². The van der Waals surface area contributed by atoms with Crippen molar-refractivity contribution in [3.8, 4) is 5.88 Å². The zero-order valence-electron chi connectivity index (χ0n) is 12.2. The first kappa shape index (κ1) is 15.4. The lowest BCUT2D eigenvalue weighted by molar-refractivity contribution is -0.129. The number of amides is 1. The van der Waals surface area contributed by atoms with Crippen LogP contribution in [0.1, 0.15) is 12.8 Å². The van der Waals surface area contributed by atoms with Gasteiger partial charge in [0.25, 0.3) is 0 Å². The first-order valence-corrected chi connectivity index (χ1v) is 8.52. The largest absolute Gasteiger partial charge is 0.481 e. The second kappa shape index (κ2) is 6.75. The zero-order chi connectivity index (χ0) is 15.5. The second-order valence-corrected chi connectivity index (χ2v) is 6.65. The molecule has 0 aliphatic carbocycles. The van der Waals surface area contributed by atoms with Gasteiger partial charge in [0, 0.05) is 24.4 Å². The number of pyridine rings is 1. The summed E-state index contributed by atoms with van der Waals surface area (Å²) in [4.78, 5) is 25.5. The van der Waals surface area contributed by atoms with Crippen LogP contribution in [0.3, 0.4) is 0 Å². The molecule has 1 amide bonds. The van der Waals surface area contributed by atoms with Crippen molar-refractivity contribution in [3.05, 3.63) is 12.1 Å². The summed E-state index contributed by atoms with van der Waals surface area (Å²) < 4.78 is 5.11. The fourth-order valence-corrected chi connectivity index (χ4v) is 3.73. The maximum absolute atomic E-state index is 11.6. The molecule has 0 atom stereocenters. The van der Waals surface area contributed by atoms with Crippen LogP contribution in [-0.4, -0.2) is 57.1 Å². The number of nitrogens with zero attached hydrogens (tertiary/aromatic N) is 3. The third-order valence-corrected chi connectivity index (χ3v) is 5.15. The fraction of sp³-hybridized carbons (Fsp3) is 0.500. The average molecular weight is 341 g/mol. The van der Waals surface area contributed by atoms with Gasteiger partial charge < -0.3 is 14.6 Å². The number of alkyl halides is 1. The highest BCUT2D eigenvalue weighted by Gasteiger charge is 2.23. The summed E-state index contributed by atoms with van der Waals surface area (Å²) in [7, 11) is 1.59. The number of carbonyl (C=O) groups excluding carboxylic acids is 1. The van der Waals surface area contributed by atoms with E-state index in [2.05, 4.69) is 15.0 Å². The first-order valence-electron chi connectivity index (χ1n) is 7.10. The molecule has 0 spiro atoms. The molecule has 3 rings (SSSR count). The van der Waals surface area contributed by atoms with E-state index in [9.17, 15) is 4.79 Å². The Kier molecular flexibility index (Phi) is 4.73. The average Bonchev–Trinajstić information content (AvgIpc) is 2.95. The first-order chi connectivity index (χ1) is 10.7. The highest BCUT2D eigenvalue weighted by atomic mass is 35.5. The monoisotopic (exact) mass is 340 g/mol. The van der Waals surface area contributed by atoms with Gasteiger partial charge in [0.1, 0.15) is 5.88 Å². The summed E-state index contributed by atoms with van der Waals surface area (Å²) in [6.45, 7) is 1.52. The molecule has 1 N–H and O–H groups in total. The number of imidazole rings is 1. The van der Waals surface area contributed by atoms with Gasteiger partial charge in [-0.2, -0.15) is 4.98 Å². The molecule has 0 unspecified atom stereocenters. The molecule has 0 bridgehead atoms. The summed E-state index contributed by atoms with van der Waals surface area (Å²) >= 11 is 7.30. The maximum Gasteiger partial charge on any atom is 0.237 e. The minimum Gasteiger partial charge on any atom is -0.481 e. The van der Waals surface area contributed by atoms with E-state index < -0.39 is 0 Å². The number of methoxy groups -OCH3 is 1. The Bertz CT molecular complexity index is 670. The second-order valence-electron chi connectivity index (χ2n) is 5.10. The molecule has 1 aliphatic rings. The number of likely N-dealkylation sites (tertiary alicyclic amines) is 1. The van der Waals surface area contributed by atoms with Crippen LogP contribution in [0.5, 0.6) is 5.88 Å². The van der Waals surface area contributed by atoms with Crippen molar-refractivity contribution < 1.29 is 9.53 Å². The van der Waals surface area contributed by atoms with Crippen molar-refractivity contribution in [1.29, 1.82) is 0 Å². The number of aromatic amines is 1. The Morgan fingerprint density at radius 3 is 2.91 bits per heavy atom. The Balaban J connectivity index is 1.63. The number of ether oxygens (including phenoxy) is 1. The number of rotatable bonds is 4. The number of aromatic nitrogens is 3.